The Hall–Kier alpha value is -1.43. The third kappa shape index (κ3) is 3.17. The van der Waals surface area contributed by atoms with Gasteiger partial charge in [0, 0.05) is 22.9 Å². The molecule has 0 amide bonds. The normalized spacial score (nSPS) is 16.8. The second-order valence-electron chi connectivity index (χ2n) is 7.30. The van der Waals surface area contributed by atoms with Gasteiger partial charge in [-0.15, -0.1) is 11.3 Å². The summed E-state index contributed by atoms with van der Waals surface area (Å²) >= 11 is 8.13. The zero-order valence-electron chi connectivity index (χ0n) is 15.6. The summed E-state index contributed by atoms with van der Waals surface area (Å²) in [7, 11) is 0. The maximum absolute atomic E-state index is 6.41. The molecular weight excluding hydrogens is 364 g/mol. The SMILES string of the molecule is CCN1CCC(c2csc(-c3cccc4c3nc(Cl)n4C(C)C)n2)CC1. The first-order chi connectivity index (χ1) is 12.6. The Labute approximate surface area is 163 Å². The highest BCUT2D eigenvalue weighted by molar-refractivity contribution is 7.13. The van der Waals surface area contributed by atoms with Crippen LogP contribution in [0, 0.1) is 0 Å². The van der Waals surface area contributed by atoms with Crippen molar-refractivity contribution in [2.75, 3.05) is 19.6 Å². The Kier molecular flexibility index (Phi) is 5.04. The van der Waals surface area contributed by atoms with E-state index in [9.17, 15) is 0 Å². The number of hydrogen-bond donors (Lipinski definition) is 0. The monoisotopic (exact) mass is 388 g/mol. The zero-order chi connectivity index (χ0) is 18.3. The number of aromatic nitrogens is 3. The van der Waals surface area contributed by atoms with Gasteiger partial charge in [0.25, 0.3) is 0 Å². The van der Waals surface area contributed by atoms with E-state index in [4.69, 9.17) is 16.6 Å². The Morgan fingerprint density at radius 1 is 1.23 bits per heavy atom. The molecule has 4 rings (SSSR count). The molecule has 0 spiro atoms. The summed E-state index contributed by atoms with van der Waals surface area (Å²) in [4.78, 5) is 12.2. The van der Waals surface area contributed by atoms with Crippen molar-refractivity contribution in [2.24, 2.45) is 0 Å². The minimum atomic E-state index is 0.276. The van der Waals surface area contributed by atoms with Crippen molar-refractivity contribution in [3.63, 3.8) is 0 Å². The average molecular weight is 389 g/mol. The molecule has 138 valence electrons. The van der Waals surface area contributed by atoms with Crippen LogP contribution in [0.1, 0.15) is 51.3 Å². The number of para-hydroxylation sites is 1. The molecule has 3 heterocycles. The van der Waals surface area contributed by atoms with Gasteiger partial charge in [-0.1, -0.05) is 13.0 Å². The number of hydrogen-bond acceptors (Lipinski definition) is 4. The number of piperidine rings is 1. The highest BCUT2D eigenvalue weighted by Crippen LogP contribution is 2.36. The number of benzene rings is 1. The smallest absolute Gasteiger partial charge is 0.204 e. The fourth-order valence-corrected chi connectivity index (χ4v) is 5.19. The Morgan fingerprint density at radius 2 is 2.00 bits per heavy atom. The fraction of sp³-hybridized carbons (Fsp3) is 0.500. The third-order valence-electron chi connectivity index (χ3n) is 5.40. The number of fused-ring (bicyclic) bond motifs is 1. The van der Waals surface area contributed by atoms with Crippen LogP contribution in [0.3, 0.4) is 0 Å². The first kappa shape index (κ1) is 18.0. The summed E-state index contributed by atoms with van der Waals surface area (Å²) < 4.78 is 2.08. The van der Waals surface area contributed by atoms with Crippen LogP contribution in [-0.2, 0) is 0 Å². The lowest BCUT2D eigenvalue weighted by atomic mass is 9.94. The van der Waals surface area contributed by atoms with E-state index in [1.54, 1.807) is 11.3 Å². The molecular formula is C20H25ClN4S. The molecule has 1 aliphatic heterocycles. The predicted octanol–water partition coefficient (Wildman–Crippen LogP) is 5.59. The largest absolute Gasteiger partial charge is 0.312 e. The lowest BCUT2D eigenvalue weighted by Gasteiger charge is -2.30. The summed E-state index contributed by atoms with van der Waals surface area (Å²) in [6.45, 7) is 10.0. The Balaban J connectivity index is 1.67. The zero-order valence-corrected chi connectivity index (χ0v) is 17.1. The molecule has 0 bridgehead atoms. The van der Waals surface area contributed by atoms with Gasteiger partial charge in [-0.3, -0.25) is 0 Å². The van der Waals surface area contributed by atoms with Gasteiger partial charge in [-0.05, 0) is 70.1 Å². The minimum Gasteiger partial charge on any atom is -0.312 e. The number of imidazole rings is 1. The van der Waals surface area contributed by atoms with Gasteiger partial charge in [-0.25, -0.2) is 9.97 Å². The van der Waals surface area contributed by atoms with E-state index in [2.05, 4.69) is 58.8 Å². The van der Waals surface area contributed by atoms with Crippen LogP contribution >= 0.6 is 22.9 Å². The third-order valence-corrected chi connectivity index (χ3v) is 6.56. The molecule has 4 nitrogen and oxygen atoms in total. The van der Waals surface area contributed by atoms with Gasteiger partial charge in [0.1, 0.15) is 10.5 Å². The molecule has 0 unspecified atom stereocenters. The van der Waals surface area contributed by atoms with Crippen LogP contribution in [0.5, 0.6) is 0 Å². The maximum Gasteiger partial charge on any atom is 0.204 e. The van der Waals surface area contributed by atoms with E-state index < -0.39 is 0 Å². The average Bonchev–Trinajstić information content (AvgIpc) is 3.25. The van der Waals surface area contributed by atoms with Gasteiger partial charge in [0.15, 0.2) is 0 Å². The van der Waals surface area contributed by atoms with Crippen molar-refractivity contribution in [3.05, 3.63) is 34.6 Å². The number of thiazole rings is 1. The summed E-state index contributed by atoms with van der Waals surface area (Å²) in [5, 5.41) is 3.83. The molecule has 0 atom stereocenters. The van der Waals surface area contributed by atoms with Gasteiger partial charge < -0.3 is 9.47 Å². The molecule has 1 saturated heterocycles. The maximum atomic E-state index is 6.41. The molecule has 26 heavy (non-hydrogen) atoms. The molecule has 3 aromatic rings. The topological polar surface area (TPSA) is 34.0 Å². The van der Waals surface area contributed by atoms with Gasteiger partial charge in [-0.2, -0.15) is 0 Å². The molecule has 0 saturated carbocycles. The number of nitrogens with zero attached hydrogens (tertiary/aromatic N) is 4. The van der Waals surface area contributed by atoms with E-state index in [0.29, 0.717) is 11.2 Å². The van der Waals surface area contributed by atoms with E-state index in [-0.39, 0.29) is 6.04 Å². The van der Waals surface area contributed by atoms with Gasteiger partial charge in [0.05, 0.1) is 11.2 Å². The number of likely N-dealkylation sites (tertiary alicyclic amines) is 1. The molecule has 0 radical (unpaired) electrons. The standard InChI is InChI=1S/C20H25ClN4S/c1-4-24-10-8-14(9-11-24)16-12-26-19(22-16)15-6-5-7-17-18(15)23-20(21)25(17)13(2)3/h5-7,12-14H,4,8-11H2,1-3H3. The summed E-state index contributed by atoms with van der Waals surface area (Å²) in [5.41, 5.74) is 4.36. The molecule has 1 aliphatic rings. The summed E-state index contributed by atoms with van der Waals surface area (Å²) in [6, 6.07) is 6.55. The molecule has 0 N–H and O–H groups in total. The summed E-state index contributed by atoms with van der Waals surface area (Å²) in [5.74, 6) is 0.582. The first-order valence-electron chi connectivity index (χ1n) is 9.43. The van der Waals surface area contributed by atoms with Crippen molar-refractivity contribution in [1.29, 1.82) is 0 Å². The van der Waals surface area contributed by atoms with Crippen LogP contribution in [0.4, 0.5) is 0 Å². The van der Waals surface area contributed by atoms with Gasteiger partial charge >= 0.3 is 0 Å². The molecule has 1 fully saturated rings. The van der Waals surface area contributed by atoms with Crippen molar-refractivity contribution in [2.45, 2.75) is 45.6 Å². The second kappa shape index (κ2) is 7.29. The van der Waals surface area contributed by atoms with Crippen molar-refractivity contribution < 1.29 is 0 Å². The predicted molar refractivity (Wildman–Crippen MR) is 110 cm³/mol. The number of halogens is 1. The molecule has 6 heteroatoms. The molecule has 2 aromatic heterocycles. The minimum absolute atomic E-state index is 0.276. The van der Waals surface area contributed by atoms with E-state index in [1.165, 1.54) is 31.6 Å². The lowest BCUT2D eigenvalue weighted by Crippen LogP contribution is -2.32. The second-order valence-corrected chi connectivity index (χ2v) is 8.50. The highest BCUT2D eigenvalue weighted by Gasteiger charge is 2.23. The van der Waals surface area contributed by atoms with Crippen molar-refractivity contribution in [1.82, 2.24) is 19.4 Å². The lowest BCUT2D eigenvalue weighted by molar-refractivity contribution is 0.221. The quantitative estimate of drug-likeness (QED) is 0.583. The molecule has 0 aliphatic carbocycles. The van der Waals surface area contributed by atoms with Crippen LogP contribution < -0.4 is 0 Å². The fourth-order valence-electron chi connectivity index (χ4n) is 3.89. The highest BCUT2D eigenvalue weighted by atomic mass is 35.5. The Morgan fingerprint density at radius 3 is 2.69 bits per heavy atom. The number of rotatable bonds is 4. The van der Waals surface area contributed by atoms with E-state index >= 15 is 0 Å². The molecule has 1 aromatic carbocycles. The van der Waals surface area contributed by atoms with Crippen LogP contribution in [-0.4, -0.2) is 39.1 Å². The van der Waals surface area contributed by atoms with Crippen LogP contribution in [0.25, 0.3) is 21.6 Å². The van der Waals surface area contributed by atoms with Crippen molar-refractivity contribution in [3.8, 4) is 10.6 Å². The van der Waals surface area contributed by atoms with Crippen LogP contribution in [0.2, 0.25) is 5.28 Å². The van der Waals surface area contributed by atoms with Crippen molar-refractivity contribution >= 4 is 34.0 Å². The van der Waals surface area contributed by atoms with Crippen LogP contribution in [0.15, 0.2) is 23.6 Å². The Bertz CT molecular complexity index is 906. The van der Waals surface area contributed by atoms with E-state index in [0.717, 1.165) is 28.1 Å². The van der Waals surface area contributed by atoms with Gasteiger partial charge in [0.2, 0.25) is 5.28 Å². The van der Waals surface area contributed by atoms with E-state index in [1.807, 2.05) is 0 Å². The first-order valence-corrected chi connectivity index (χ1v) is 10.7. The summed E-state index contributed by atoms with van der Waals surface area (Å²) in [6.07, 6.45) is 2.41.